The van der Waals surface area contributed by atoms with Crippen molar-refractivity contribution in [1.29, 1.82) is 0 Å². The van der Waals surface area contributed by atoms with Crippen molar-refractivity contribution >= 4 is 56.1 Å². The number of carbonyl (C=O) groups is 1. The van der Waals surface area contributed by atoms with Crippen LogP contribution in [0.25, 0.3) is 21.2 Å². The van der Waals surface area contributed by atoms with Crippen LogP contribution in [0.2, 0.25) is 0 Å². The Kier molecular flexibility index (Phi) is 7.21. The van der Waals surface area contributed by atoms with Gasteiger partial charge in [-0.05, 0) is 55.4 Å². The van der Waals surface area contributed by atoms with E-state index in [4.69, 9.17) is 14.1 Å². The number of thioether (sulfide) groups is 1. The Morgan fingerprint density at radius 2 is 2.22 bits per heavy atom. The average molecular weight is 538 g/mol. The number of fused-ring (bicyclic) bond motifs is 4. The number of benzene rings is 1. The summed E-state index contributed by atoms with van der Waals surface area (Å²) in [5.41, 5.74) is 2.18. The zero-order chi connectivity index (χ0) is 26.1. The molecule has 0 fully saturated rings. The summed E-state index contributed by atoms with van der Waals surface area (Å²) in [7, 11) is 0. The van der Waals surface area contributed by atoms with Crippen LogP contribution < -0.4 is 16.5 Å². The topological polar surface area (TPSA) is 103 Å². The van der Waals surface area contributed by atoms with Crippen LogP contribution in [-0.2, 0) is 29.9 Å². The fraction of sp³-hybridized carbons (Fsp3) is 0.333. The van der Waals surface area contributed by atoms with Gasteiger partial charge in [0.05, 0.1) is 12.0 Å². The third kappa shape index (κ3) is 5.08. The highest BCUT2D eigenvalue weighted by Crippen LogP contribution is 2.37. The predicted molar refractivity (Wildman–Crippen MR) is 148 cm³/mol. The smallest absolute Gasteiger partial charge is 0.411 e. The molecule has 1 atom stereocenters. The summed E-state index contributed by atoms with van der Waals surface area (Å²) < 4.78 is 12.0. The normalized spacial score (nSPS) is 15.0. The van der Waals surface area contributed by atoms with Gasteiger partial charge < -0.3 is 9.15 Å². The maximum atomic E-state index is 13.6. The summed E-state index contributed by atoms with van der Waals surface area (Å²) in [5, 5.41) is 4.68. The Labute approximate surface area is 221 Å². The molecule has 1 unspecified atom stereocenters. The van der Waals surface area contributed by atoms with Gasteiger partial charge in [-0.3, -0.25) is 14.7 Å². The molecule has 10 heteroatoms. The summed E-state index contributed by atoms with van der Waals surface area (Å²) in [6.07, 6.45) is 4.09. The Morgan fingerprint density at radius 1 is 1.38 bits per heavy atom. The second-order valence-electron chi connectivity index (χ2n) is 9.07. The van der Waals surface area contributed by atoms with Crippen LogP contribution in [0.3, 0.4) is 0 Å². The average Bonchev–Trinajstić information content (AvgIpc) is 3.21. The zero-order valence-corrected chi connectivity index (χ0v) is 22.3. The van der Waals surface area contributed by atoms with E-state index in [0.717, 1.165) is 46.0 Å². The van der Waals surface area contributed by atoms with E-state index in [1.54, 1.807) is 47.1 Å². The molecule has 37 heavy (non-hydrogen) atoms. The molecule has 5 rings (SSSR count). The van der Waals surface area contributed by atoms with Crippen LogP contribution in [0.15, 0.2) is 56.1 Å². The molecular formula is C27H27N3O5S2. The lowest BCUT2D eigenvalue weighted by Gasteiger charge is -2.17. The van der Waals surface area contributed by atoms with Gasteiger partial charge in [0.15, 0.2) is 5.16 Å². The summed E-state index contributed by atoms with van der Waals surface area (Å²) in [6, 6.07) is 6.56. The van der Waals surface area contributed by atoms with Crippen LogP contribution in [0.5, 0.6) is 0 Å². The second kappa shape index (κ2) is 10.5. The number of amides is 1. The lowest BCUT2D eigenvalue weighted by molar-refractivity contribution is 0.168. The van der Waals surface area contributed by atoms with Gasteiger partial charge in [0.2, 0.25) is 0 Å². The van der Waals surface area contributed by atoms with E-state index in [2.05, 4.69) is 18.8 Å². The molecule has 8 nitrogen and oxygen atoms in total. The minimum atomic E-state index is -0.581. The largest absolute Gasteiger partial charge is 0.450 e. The maximum absolute atomic E-state index is 13.6. The van der Waals surface area contributed by atoms with Gasteiger partial charge in [-0.2, -0.15) is 0 Å². The number of hydrogen-bond donors (Lipinski definition) is 1. The van der Waals surface area contributed by atoms with E-state index in [9.17, 15) is 14.4 Å². The van der Waals surface area contributed by atoms with Gasteiger partial charge in [0.1, 0.15) is 10.4 Å². The predicted octanol–water partition coefficient (Wildman–Crippen LogP) is 5.74. The van der Waals surface area contributed by atoms with Gasteiger partial charge in [0, 0.05) is 40.4 Å². The molecule has 0 spiro atoms. The number of rotatable bonds is 7. The van der Waals surface area contributed by atoms with E-state index in [0.29, 0.717) is 34.6 Å². The highest BCUT2D eigenvalue weighted by molar-refractivity contribution is 7.98. The first kappa shape index (κ1) is 25.3. The Bertz CT molecular complexity index is 1640. The molecule has 0 saturated heterocycles. The summed E-state index contributed by atoms with van der Waals surface area (Å²) in [6.45, 7) is 8.39. The van der Waals surface area contributed by atoms with Gasteiger partial charge in [0.25, 0.3) is 5.56 Å². The van der Waals surface area contributed by atoms with E-state index in [1.807, 2.05) is 0 Å². The van der Waals surface area contributed by atoms with Crippen LogP contribution in [0.1, 0.15) is 36.3 Å². The van der Waals surface area contributed by atoms with Crippen molar-refractivity contribution in [2.75, 3.05) is 11.9 Å². The Hall–Kier alpha value is -3.37. The number of hydrogen-bond acceptors (Lipinski definition) is 8. The number of nitrogens with one attached hydrogen (secondary N) is 1. The number of anilines is 1. The van der Waals surface area contributed by atoms with Crippen molar-refractivity contribution < 1.29 is 13.9 Å². The lowest BCUT2D eigenvalue weighted by Crippen LogP contribution is -2.23. The molecule has 3 aromatic heterocycles. The third-order valence-electron chi connectivity index (χ3n) is 6.40. The Morgan fingerprint density at radius 3 is 3.00 bits per heavy atom. The number of nitrogens with zero attached hydrogens (tertiary/aromatic N) is 2. The number of ether oxygens (including phenoxy) is 1. The molecule has 0 radical (unpaired) electrons. The van der Waals surface area contributed by atoms with E-state index in [1.165, 1.54) is 22.7 Å². The number of aryl methyl sites for hydroxylation is 1. The van der Waals surface area contributed by atoms with Crippen molar-refractivity contribution in [3.05, 3.63) is 73.7 Å². The molecule has 1 amide bonds. The molecule has 192 valence electrons. The fourth-order valence-corrected chi connectivity index (χ4v) is 7.08. The molecule has 3 heterocycles. The van der Waals surface area contributed by atoms with Crippen molar-refractivity contribution in [2.24, 2.45) is 5.92 Å². The number of aromatic nitrogens is 2. The molecule has 0 saturated carbocycles. The molecule has 0 aliphatic heterocycles. The first-order valence-corrected chi connectivity index (χ1v) is 14.0. The molecule has 1 aliphatic carbocycles. The Balaban J connectivity index is 1.49. The van der Waals surface area contributed by atoms with E-state index in [-0.39, 0.29) is 12.2 Å². The van der Waals surface area contributed by atoms with E-state index >= 15 is 0 Å². The quantitative estimate of drug-likeness (QED) is 0.139. The standard InChI is InChI=1S/C27H27N3O5S2/c1-4-10-30-25(32)23-19-8-6-15(3)11-21(19)37-24(23)29-26(30)36-14-16-12-22(31)35-20-13-17(7-9-18(16)20)28-27(33)34-5-2/h4,7,9,12-13,15H,1,5-6,8,10-11,14H2,2-3H3,(H,28,33). The maximum Gasteiger partial charge on any atom is 0.411 e. The van der Waals surface area contributed by atoms with Crippen LogP contribution in [-0.4, -0.2) is 22.3 Å². The molecule has 0 bridgehead atoms. The van der Waals surface area contributed by atoms with Gasteiger partial charge in [-0.15, -0.1) is 17.9 Å². The number of carbonyl (C=O) groups excluding carboxylic acids is 1. The summed E-state index contributed by atoms with van der Waals surface area (Å²) in [5.74, 6) is 1.01. The summed E-state index contributed by atoms with van der Waals surface area (Å²) >= 11 is 3.02. The highest BCUT2D eigenvalue weighted by atomic mass is 32.2. The zero-order valence-electron chi connectivity index (χ0n) is 20.7. The number of allylic oxidation sites excluding steroid dienone is 1. The van der Waals surface area contributed by atoms with E-state index < -0.39 is 11.7 Å². The molecule has 1 aliphatic rings. The van der Waals surface area contributed by atoms with Crippen LogP contribution >= 0.6 is 23.1 Å². The summed E-state index contributed by atoms with van der Waals surface area (Å²) in [4.78, 5) is 44.6. The van der Waals surface area contributed by atoms with Gasteiger partial charge in [-0.1, -0.05) is 24.8 Å². The van der Waals surface area contributed by atoms with Crippen molar-refractivity contribution in [2.45, 2.75) is 50.6 Å². The fourth-order valence-electron chi connectivity index (χ4n) is 4.66. The van der Waals surface area contributed by atoms with Gasteiger partial charge in [-0.25, -0.2) is 14.6 Å². The van der Waals surface area contributed by atoms with Gasteiger partial charge >= 0.3 is 11.7 Å². The SMILES string of the molecule is C=CCn1c(SCc2cc(=O)oc3cc(NC(=O)OCC)ccc23)nc2sc3c(c2c1=O)CCC(C)C3. The van der Waals surface area contributed by atoms with Crippen molar-refractivity contribution in [1.82, 2.24) is 9.55 Å². The van der Waals surface area contributed by atoms with Crippen molar-refractivity contribution in [3.8, 4) is 0 Å². The lowest BCUT2D eigenvalue weighted by atomic mass is 9.89. The first-order valence-electron chi connectivity index (χ1n) is 12.2. The van der Waals surface area contributed by atoms with Crippen LogP contribution in [0.4, 0.5) is 10.5 Å². The van der Waals surface area contributed by atoms with Crippen LogP contribution in [0, 0.1) is 5.92 Å². The molecule has 4 aromatic rings. The highest BCUT2D eigenvalue weighted by Gasteiger charge is 2.24. The first-order chi connectivity index (χ1) is 17.9. The minimum Gasteiger partial charge on any atom is -0.450 e. The molecular weight excluding hydrogens is 510 g/mol. The monoisotopic (exact) mass is 537 g/mol. The molecule has 1 N–H and O–H groups in total. The number of thiophene rings is 1. The second-order valence-corrected chi connectivity index (χ2v) is 11.1. The third-order valence-corrected chi connectivity index (χ3v) is 8.57. The van der Waals surface area contributed by atoms with Crippen molar-refractivity contribution in [3.63, 3.8) is 0 Å². The molecule has 1 aromatic carbocycles. The minimum absolute atomic E-state index is 0.0356.